The Labute approximate surface area is 119 Å². The second-order valence-electron chi connectivity index (χ2n) is 5.79. The SMILES string of the molecule is Cc1noc(C)c1C(C)C(=O)N1CCCCC1C(C)O. The molecule has 2 heterocycles. The second kappa shape index (κ2) is 5.95. The first-order valence-corrected chi connectivity index (χ1v) is 7.34. The van der Waals surface area contributed by atoms with Crippen molar-refractivity contribution in [2.75, 3.05) is 6.54 Å². The molecule has 1 aliphatic rings. The van der Waals surface area contributed by atoms with Crippen molar-refractivity contribution in [2.45, 2.75) is 65.0 Å². The zero-order valence-corrected chi connectivity index (χ0v) is 12.7. The van der Waals surface area contributed by atoms with Gasteiger partial charge in [-0.1, -0.05) is 5.16 Å². The summed E-state index contributed by atoms with van der Waals surface area (Å²) in [6, 6.07) is -0.0702. The Morgan fingerprint density at radius 2 is 2.10 bits per heavy atom. The fourth-order valence-electron chi connectivity index (χ4n) is 3.21. The van der Waals surface area contributed by atoms with Crippen molar-refractivity contribution in [3.8, 4) is 0 Å². The van der Waals surface area contributed by atoms with E-state index in [-0.39, 0.29) is 17.9 Å². The second-order valence-corrected chi connectivity index (χ2v) is 5.79. The van der Waals surface area contributed by atoms with Gasteiger partial charge in [0.2, 0.25) is 5.91 Å². The van der Waals surface area contributed by atoms with Gasteiger partial charge in [0, 0.05) is 12.1 Å². The quantitative estimate of drug-likeness (QED) is 0.921. The van der Waals surface area contributed by atoms with Crippen LogP contribution in [0.3, 0.4) is 0 Å². The highest BCUT2D eigenvalue weighted by Gasteiger charge is 2.34. The summed E-state index contributed by atoms with van der Waals surface area (Å²) in [5, 5.41) is 13.8. The van der Waals surface area contributed by atoms with Gasteiger partial charge in [-0.15, -0.1) is 0 Å². The van der Waals surface area contributed by atoms with Crippen LogP contribution in [0.2, 0.25) is 0 Å². The number of likely N-dealkylation sites (tertiary alicyclic amines) is 1. The third-order valence-electron chi connectivity index (χ3n) is 4.28. The summed E-state index contributed by atoms with van der Waals surface area (Å²) in [4.78, 5) is 14.6. The maximum atomic E-state index is 12.8. The number of piperidine rings is 1. The van der Waals surface area contributed by atoms with E-state index in [2.05, 4.69) is 5.16 Å². The lowest BCUT2D eigenvalue weighted by Gasteiger charge is -2.38. The molecule has 20 heavy (non-hydrogen) atoms. The third kappa shape index (κ3) is 2.73. The maximum Gasteiger partial charge on any atom is 0.230 e. The molecule has 0 bridgehead atoms. The summed E-state index contributed by atoms with van der Waals surface area (Å²) < 4.78 is 5.16. The molecule has 0 radical (unpaired) electrons. The monoisotopic (exact) mass is 280 g/mol. The standard InChI is InChI=1S/C15H24N2O3/c1-9(14-10(2)16-20-12(14)4)15(19)17-8-6-5-7-13(17)11(3)18/h9,11,13,18H,5-8H2,1-4H3. The van der Waals surface area contributed by atoms with E-state index in [1.54, 1.807) is 6.92 Å². The minimum atomic E-state index is -0.490. The topological polar surface area (TPSA) is 66.6 Å². The predicted octanol–water partition coefficient (Wildman–Crippen LogP) is 2.16. The minimum Gasteiger partial charge on any atom is -0.391 e. The van der Waals surface area contributed by atoms with E-state index in [0.717, 1.165) is 37.1 Å². The number of amides is 1. The van der Waals surface area contributed by atoms with Gasteiger partial charge < -0.3 is 14.5 Å². The van der Waals surface area contributed by atoms with Crippen molar-refractivity contribution in [1.82, 2.24) is 10.1 Å². The molecule has 0 aromatic carbocycles. The van der Waals surface area contributed by atoms with Crippen LogP contribution in [0.15, 0.2) is 4.52 Å². The molecule has 2 rings (SSSR count). The van der Waals surface area contributed by atoms with Crippen LogP contribution >= 0.6 is 0 Å². The van der Waals surface area contributed by atoms with E-state index in [4.69, 9.17) is 4.52 Å². The van der Waals surface area contributed by atoms with Crippen molar-refractivity contribution < 1.29 is 14.4 Å². The number of carbonyl (C=O) groups excluding carboxylic acids is 1. The lowest BCUT2D eigenvalue weighted by Crippen LogP contribution is -2.50. The van der Waals surface area contributed by atoms with E-state index in [1.165, 1.54) is 0 Å². The number of hydrogen-bond acceptors (Lipinski definition) is 4. The molecule has 1 aromatic rings. The number of nitrogens with zero attached hydrogens (tertiary/aromatic N) is 2. The molecule has 3 atom stereocenters. The Hall–Kier alpha value is -1.36. The average Bonchev–Trinajstić information content (AvgIpc) is 2.76. The molecule has 0 spiro atoms. The Morgan fingerprint density at radius 3 is 2.65 bits per heavy atom. The molecule has 1 aromatic heterocycles. The van der Waals surface area contributed by atoms with Gasteiger partial charge in [-0.25, -0.2) is 0 Å². The van der Waals surface area contributed by atoms with Gasteiger partial charge in [-0.2, -0.15) is 0 Å². The molecule has 1 saturated heterocycles. The summed E-state index contributed by atoms with van der Waals surface area (Å²) in [5.74, 6) is 0.486. The van der Waals surface area contributed by atoms with Crippen LogP contribution in [0.4, 0.5) is 0 Å². The zero-order chi connectivity index (χ0) is 14.9. The highest BCUT2D eigenvalue weighted by Crippen LogP contribution is 2.28. The smallest absolute Gasteiger partial charge is 0.230 e. The summed E-state index contributed by atoms with van der Waals surface area (Å²) in [5.41, 5.74) is 1.65. The molecule has 0 aliphatic carbocycles. The van der Waals surface area contributed by atoms with Gasteiger partial charge >= 0.3 is 0 Å². The molecule has 1 N–H and O–H groups in total. The summed E-state index contributed by atoms with van der Waals surface area (Å²) in [7, 11) is 0. The van der Waals surface area contributed by atoms with E-state index in [9.17, 15) is 9.90 Å². The van der Waals surface area contributed by atoms with E-state index < -0.39 is 6.10 Å². The molecule has 112 valence electrons. The van der Waals surface area contributed by atoms with Crippen LogP contribution in [0.1, 0.15) is 56.0 Å². The number of aliphatic hydroxyl groups is 1. The Balaban J connectivity index is 2.21. The Morgan fingerprint density at radius 1 is 1.40 bits per heavy atom. The van der Waals surface area contributed by atoms with Crippen LogP contribution in [0.5, 0.6) is 0 Å². The fraction of sp³-hybridized carbons (Fsp3) is 0.733. The Bertz CT molecular complexity index is 462. The first-order chi connectivity index (χ1) is 9.43. The van der Waals surface area contributed by atoms with Gasteiger partial charge in [-0.05, 0) is 47.0 Å². The van der Waals surface area contributed by atoms with E-state index in [1.807, 2.05) is 25.7 Å². The van der Waals surface area contributed by atoms with Gasteiger partial charge in [-0.3, -0.25) is 4.79 Å². The summed E-state index contributed by atoms with van der Waals surface area (Å²) >= 11 is 0. The third-order valence-corrected chi connectivity index (χ3v) is 4.28. The molecule has 1 fully saturated rings. The summed E-state index contributed by atoms with van der Waals surface area (Å²) in [6.45, 7) is 8.07. The number of aryl methyl sites for hydroxylation is 2. The number of hydrogen-bond donors (Lipinski definition) is 1. The van der Waals surface area contributed by atoms with Gasteiger partial charge in [0.15, 0.2) is 0 Å². The molecule has 0 saturated carbocycles. The van der Waals surface area contributed by atoms with Crippen LogP contribution in [0, 0.1) is 13.8 Å². The highest BCUT2D eigenvalue weighted by atomic mass is 16.5. The zero-order valence-electron chi connectivity index (χ0n) is 12.7. The van der Waals surface area contributed by atoms with Crippen LogP contribution in [-0.4, -0.2) is 39.8 Å². The molecule has 1 amide bonds. The lowest BCUT2D eigenvalue weighted by molar-refractivity contribution is -0.139. The molecule has 3 unspecified atom stereocenters. The van der Waals surface area contributed by atoms with Crippen molar-refractivity contribution in [3.63, 3.8) is 0 Å². The highest BCUT2D eigenvalue weighted by molar-refractivity contribution is 5.84. The molecular weight excluding hydrogens is 256 g/mol. The predicted molar refractivity (Wildman–Crippen MR) is 75.4 cm³/mol. The van der Waals surface area contributed by atoms with Crippen molar-refractivity contribution in [3.05, 3.63) is 17.0 Å². The Kier molecular flexibility index (Phi) is 4.48. The first kappa shape index (κ1) is 15.0. The first-order valence-electron chi connectivity index (χ1n) is 7.34. The molecule has 5 nitrogen and oxygen atoms in total. The van der Waals surface area contributed by atoms with Gasteiger partial charge in [0.05, 0.1) is 23.8 Å². The average molecular weight is 280 g/mol. The van der Waals surface area contributed by atoms with Crippen molar-refractivity contribution >= 4 is 5.91 Å². The summed E-state index contributed by atoms with van der Waals surface area (Å²) in [6.07, 6.45) is 2.45. The molecule has 1 aliphatic heterocycles. The van der Waals surface area contributed by atoms with E-state index in [0.29, 0.717) is 5.76 Å². The van der Waals surface area contributed by atoms with Crippen molar-refractivity contribution in [1.29, 1.82) is 0 Å². The fourth-order valence-corrected chi connectivity index (χ4v) is 3.21. The van der Waals surface area contributed by atoms with Gasteiger partial charge in [0.1, 0.15) is 5.76 Å². The molecule has 5 heteroatoms. The largest absolute Gasteiger partial charge is 0.391 e. The number of aromatic nitrogens is 1. The number of carbonyl (C=O) groups is 1. The maximum absolute atomic E-state index is 12.8. The lowest BCUT2D eigenvalue weighted by atomic mass is 9.93. The molecular formula is C15H24N2O3. The van der Waals surface area contributed by atoms with Crippen LogP contribution in [0.25, 0.3) is 0 Å². The normalized spacial score (nSPS) is 22.6. The number of rotatable bonds is 3. The van der Waals surface area contributed by atoms with E-state index >= 15 is 0 Å². The van der Waals surface area contributed by atoms with Gasteiger partial charge in [0.25, 0.3) is 0 Å². The van der Waals surface area contributed by atoms with Crippen LogP contribution < -0.4 is 0 Å². The number of aliphatic hydroxyl groups excluding tert-OH is 1. The minimum absolute atomic E-state index is 0.0602. The van der Waals surface area contributed by atoms with Crippen LogP contribution in [-0.2, 0) is 4.79 Å². The van der Waals surface area contributed by atoms with Crippen molar-refractivity contribution in [2.24, 2.45) is 0 Å².